The van der Waals surface area contributed by atoms with E-state index in [0.717, 1.165) is 29.8 Å². The molecule has 166 valence electrons. The molecule has 0 atom stereocenters. The van der Waals surface area contributed by atoms with Crippen LogP contribution >= 0.6 is 0 Å². The summed E-state index contributed by atoms with van der Waals surface area (Å²) in [6, 6.07) is 11.3. The van der Waals surface area contributed by atoms with Crippen LogP contribution in [0, 0.1) is 0 Å². The topological polar surface area (TPSA) is 98.3 Å². The van der Waals surface area contributed by atoms with E-state index in [9.17, 15) is 4.79 Å². The molecular formula is C24H27N5O3. The summed E-state index contributed by atoms with van der Waals surface area (Å²) in [6.07, 6.45) is 9.46. The number of carbonyl (C=O) groups excluding carboxylic acids is 1. The molecule has 0 bridgehead atoms. The van der Waals surface area contributed by atoms with Crippen LogP contribution in [0.3, 0.4) is 0 Å². The molecule has 0 unspecified atom stereocenters. The normalized spacial score (nSPS) is 13.9. The van der Waals surface area contributed by atoms with Crippen LogP contribution in [0.5, 0.6) is 5.75 Å². The zero-order valence-electron chi connectivity index (χ0n) is 18.3. The number of pyridine rings is 1. The molecule has 2 N–H and O–H groups in total. The molecule has 2 aromatic heterocycles. The van der Waals surface area contributed by atoms with Crippen molar-refractivity contribution >= 4 is 23.4 Å². The lowest BCUT2D eigenvalue weighted by atomic mass is 9.96. The molecule has 8 nitrogen and oxygen atoms in total. The number of nitrogens with zero attached hydrogens (tertiary/aromatic N) is 3. The van der Waals surface area contributed by atoms with Crippen LogP contribution in [0.4, 0.5) is 17.5 Å². The van der Waals surface area contributed by atoms with Crippen molar-refractivity contribution in [2.24, 2.45) is 0 Å². The number of benzene rings is 1. The number of nitrogens with one attached hydrogen (secondary N) is 2. The summed E-state index contributed by atoms with van der Waals surface area (Å²) in [5.41, 5.74) is 2.84. The number of rotatable bonds is 7. The first-order chi connectivity index (χ1) is 15.7. The van der Waals surface area contributed by atoms with Crippen molar-refractivity contribution in [1.82, 2.24) is 15.0 Å². The number of anilines is 3. The number of esters is 1. The van der Waals surface area contributed by atoms with Crippen molar-refractivity contribution in [2.45, 2.75) is 38.1 Å². The Labute approximate surface area is 187 Å². The smallest absolute Gasteiger partial charge is 0.341 e. The van der Waals surface area contributed by atoms with E-state index in [-0.39, 0.29) is 0 Å². The second-order valence-electron chi connectivity index (χ2n) is 7.71. The van der Waals surface area contributed by atoms with E-state index in [1.165, 1.54) is 33.5 Å². The molecule has 0 radical (unpaired) electrons. The van der Waals surface area contributed by atoms with Gasteiger partial charge in [0.05, 0.1) is 19.9 Å². The minimum absolute atomic E-state index is 0.361. The predicted molar refractivity (Wildman–Crippen MR) is 123 cm³/mol. The lowest BCUT2D eigenvalue weighted by Gasteiger charge is -2.23. The zero-order chi connectivity index (χ0) is 22.3. The largest absolute Gasteiger partial charge is 0.496 e. The van der Waals surface area contributed by atoms with E-state index in [2.05, 4.69) is 15.6 Å². The Bertz CT molecular complexity index is 1070. The van der Waals surface area contributed by atoms with E-state index in [1.807, 2.05) is 18.2 Å². The van der Waals surface area contributed by atoms with Gasteiger partial charge in [-0.05, 0) is 37.1 Å². The number of hydrogen-bond acceptors (Lipinski definition) is 8. The molecule has 1 aliphatic rings. The Morgan fingerprint density at radius 1 is 1.00 bits per heavy atom. The van der Waals surface area contributed by atoms with Crippen molar-refractivity contribution in [3.05, 3.63) is 54.4 Å². The number of methoxy groups -OCH3 is 2. The number of hydrogen-bond donors (Lipinski definition) is 2. The number of carbonyl (C=O) groups is 1. The van der Waals surface area contributed by atoms with Gasteiger partial charge in [-0.15, -0.1) is 0 Å². The third-order valence-electron chi connectivity index (χ3n) is 5.52. The van der Waals surface area contributed by atoms with Gasteiger partial charge in [0, 0.05) is 41.8 Å². The summed E-state index contributed by atoms with van der Waals surface area (Å²) in [4.78, 5) is 25.5. The summed E-state index contributed by atoms with van der Waals surface area (Å²) >= 11 is 0. The van der Waals surface area contributed by atoms with E-state index in [4.69, 9.17) is 19.4 Å². The molecule has 0 spiro atoms. The first-order valence-corrected chi connectivity index (χ1v) is 10.8. The van der Waals surface area contributed by atoms with Crippen molar-refractivity contribution in [3.8, 4) is 17.0 Å². The second-order valence-corrected chi connectivity index (χ2v) is 7.71. The highest BCUT2D eigenvalue weighted by Gasteiger charge is 2.17. The van der Waals surface area contributed by atoms with Crippen LogP contribution in [0.15, 0.2) is 48.8 Å². The Kier molecular flexibility index (Phi) is 6.79. The average molecular weight is 434 g/mol. The van der Waals surface area contributed by atoms with Crippen LogP contribution in [0.25, 0.3) is 11.3 Å². The van der Waals surface area contributed by atoms with Crippen LogP contribution in [0.2, 0.25) is 0 Å². The Balaban J connectivity index is 1.65. The van der Waals surface area contributed by atoms with Crippen molar-refractivity contribution in [3.63, 3.8) is 0 Å². The molecule has 1 saturated carbocycles. The summed E-state index contributed by atoms with van der Waals surface area (Å²) in [5.74, 6) is 1.20. The van der Waals surface area contributed by atoms with Gasteiger partial charge in [0.2, 0.25) is 5.95 Å². The van der Waals surface area contributed by atoms with Gasteiger partial charge in [0.25, 0.3) is 0 Å². The molecule has 8 heteroatoms. The maximum absolute atomic E-state index is 11.9. The standard InChI is InChI=1S/C24H27N5O3/c1-31-21-14-18(8-9-19(21)23(30)32-2)26-22-15-20(16-10-12-25-13-11-16)28-24(29-22)27-17-6-4-3-5-7-17/h8-15,17H,3-7H2,1-2H3,(H2,26,27,28,29). The molecular weight excluding hydrogens is 406 g/mol. The molecule has 0 amide bonds. The van der Waals surface area contributed by atoms with Gasteiger partial charge in [0.15, 0.2) is 0 Å². The number of aromatic nitrogens is 3. The molecule has 32 heavy (non-hydrogen) atoms. The fraction of sp³-hybridized carbons (Fsp3) is 0.333. The summed E-state index contributed by atoms with van der Waals surface area (Å²) in [6.45, 7) is 0. The van der Waals surface area contributed by atoms with Gasteiger partial charge in [0.1, 0.15) is 17.1 Å². The Morgan fingerprint density at radius 2 is 1.78 bits per heavy atom. The highest BCUT2D eigenvalue weighted by molar-refractivity contribution is 5.93. The van der Waals surface area contributed by atoms with Crippen LogP contribution in [-0.2, 0) is 4.74 Å². The highest BCUT2D eigenvalue weighted by Crippen LogP contribution is 2.28. The fourth-order valence-electron chi connectivity index (χ4n) is 3.87. The molecule has 2 heterocycles. The van der Waals surface area contributed by atoms with Crippen LogP contribution in [-0.4, -0.2) is 41.2 Å². The van der Waals surface area contributed by atoms with E-state index in [1.54, 1.807) is 30.6 Å². The monoisotopic (exact) mass is 433 g/mol. The van der Waals surface area contributed by atoms with Gasteiger partial charge in [-0.3, -0.25) is 4.98 Å². The molecule has 0 saturated heterocycles. The van der Waals surface area contributed by atoms with Gasteiger partial charge in [-0.2, -0.15) is 4.98 Å². The number of ether oxygens (including phenoxy) is 2. The van der Waals surface area contributed by atoms with Gasteiger partial charge in [-0.25, -0.2) is 9.78 Å². The van der Waals surface area contributed by atoms with Gasteiger partial charge in [-0.1, -0.05) is 19.3 Å². The zero-order valence-corrected chi connectivity index (χ0v) is 18.3. The third-order valence-corrected chi connectivity index (χ3v) is 5.52. The quantitative estimate of drug-likeness (QED) is 0.512. The van der Waals surface area contributed by atoms with E-state index >= 15 is 0 Å². The van der Waals surface area contributed by atoms with Crippen molar-refractivity contribution < 1.29 is 14.3 Å². The summed E-state index contributed by atoms with van der Waals surface area (Å²) < 4.78 is 10.2. The SMILES string of the molecule is COC(=O)c1ccc(Nc2cc(-c3ccncc3)nc(NC3CCCCC3)n2)cc1OC. The van der Waals surface area contributed by atoms with Crippen LogP contribution < -0.4 is 15.4 Å². The predicted octanol–water partition coefficient (Wildman–Crippen LogP) is 4.82. The first-order valence-electron chi connectivity index (χ1n) is 10.8. The van der Waals surface area contributed by atoms with Crippen molar-refractivity contribution in [2.75, 3.05) is 24.9 Å². The maximum atomic E-state index is 11.9. The van der Waals surface area contributed by atoms with Gasteiger partial charge >= 0.3 is 5.97 Å². The average Bonchev–Trinajstić information content (AvgIpc) is 2.84. The highest BCUT2D eigenvalue weighted by atomic mass is 16.5. The summed E-state index contributed by atoms with van der Waals surface area (Å²) in [7, 11) is 2.86. The fourth-order valence-corrected chi connectivity index (χ4v) is 3.87. The van der Waals surface area contributed by atoms with E-state index < -0.39 is 5.97 Å². The summed E-state index contributed by atoms with van der Waals surface area (Å²) in [5, 5.41) is 6.82. The Hall–Kier alpha value is -3.68. The molecule has 4 rings (SSSR count). The van der Waals surface area contributed by atoms with Gasteiger partial charge < -0.3 is 20.1 Å². The second kappa shape index (κ2) is 10.1. The molecule has 3 aromatic rings. The molecule has 1 aromatic carbocycles. The van der Waals surface area contributed by atoms with Crippen molar-refractivity contribution in [1.29, 1.82) is 0 Å². The molecule has 1 fully saturated rings. The lowest BCUT2D eigenvalue weighted by Crippen LogP contribution is -2.23. The Morgan fingerprint density at radius 3 is 2.50 bits per heavy atom. The van der Waals surface area contributed by atoms with Crippen LogP contribution in [0.1, 0.15) is 42.5 Å². The molecule has 1 aliphatic carbocycles. The third kappa shape index (κ3) is 5.14. The maximum Gasteiger partial charge on any atom is 0.341 e. The lowest BCUT2D eigenvalue weighted by molar-refractivity contribution is 0.0597. The van der Waals surface area contributed by atoms with E-state index in [0.29, 0.717) is 29.1 Å². The minimum Gasteiger partial charge on any atom is -0.496 e. The minimum atomic E-state index is -0.450. The first kappa shape index (κ1) is 21.5. The molecule has 0 aliphatic heterocycles.